The second kappa shape index (κ2) is 7.61. The van der Waals surface area contributed by atoms with Gasteiger partial charge in [-0.3, -0.25) is 4.79 Å². The van der Waals surface area contributed by atoms with Crippen LogP contribution in [0.15, 0.2) is 65.8 Å². The summed E-state index contributed by atoms with van der Waals surface area (Å²) < 4.78 is 0. The molecule has 0 unspecified atom stereocenters. The fourth-order valence-corrected chi connectivity index (χ4v) is 2.63. The maximum Gasteiger partial charge on any atom is 0.326 e. The first kappa shape index (κ1) is 16.7. The highest BCUT2D eigenvalue weighted by Gasteiger charge is 2.31. The van der Waals surface area contributed by atoms with Crippen molar-refractivity contribution >= 4 is 17.6 Å². The normalized spacial score (nSPS) is 17.3. The summed E-state index contributed by atoms with van der Waals surface area (Å²) in [7, 11) is 0. The van der Waals surface area contributed by atoms with Gasteiger partial charge in [-0.05, 0) is 11.1 Å². The van der Waals surface area contributed by atoms with Crippen molar-refractivity contribution in [3.8, 4) is 0 Å². The maximum absolute atomic E-state index is 12.4. The van der Waals surface area contributed by atoms with Gasteiger partial charge in [0.1, 0.15) is 6.04 Å². The summed E-state index contributed by atoms with van der Waals surface area (Å²) in [6.45, 7) is 0. The van der Waals surface area contributed by atoms with Crippen LogP contribution >= 0.6 is 0 Å². The van der Waals surface area contributed by atoms with Gasteiger partial charge in [0.15, 0.2) is 0 Å². The lowest BCUT2D eigenvalue weighted by Crippen LogP contribution is -2.46. The average molecular weight is 338 g/mol. The molecule has 3 rings (SSSR count). The predicted molar refractivity (Wildman–Crippen MR) is 92.2 cm³/mol. The van der Waals surface area contributed by atoms with Gasteiger partial charge in [-0.2, -0.15) is 0 Å². The van der Waals surface area contributed by atoms with Crippen LogP contribution < -0.4 is 5.32 Å². The van der Waals surface area contributed by atoms with Crippen LogP contribution in [0, 0.1) is 0 Å². The topological polar surface area (TPSA) is 88.0 Å². The molecule has 1 aliphatic rings. The molecule has 0 saturated heterocycles. The predicted octanol–water partition coefficient (Wildman–Crippen LogP) is 1.99. The number of amides is 1. The van der Waals surface area contributed by atoms with Gasteiger partial charge in [-0.15, -0.1) is 0 Å². The summed E-state index contributed by atoms with van der Waals surface area (Å²) in [5.41, 5.74) is 2.40. The molecule has 1 amide bonds. The third kappa shape index (κ3) is 4.23. The Hall–Kier alpha value is -3.15. The third-order valence-electron chi connectivity index (χ3n) is 3.97. The van der Waals surface area contributed by atoms with Crippen LogP contribution in [0.5, 0.6) is 0 Å². The highest BCUT2D eigenvalue weighted by atomic mass is 16.6. The van der Waals surface area contributed by atoms with E-state index in [4.69, 9.17) is 4.84 Å². The highest BCUT2D eigenvalue weighted by Crippen LogP contribution is 2.17. The van der Waals surface area contributed by atoms with Crippen molar-refractivity contribution in [3.63, 3.8) is 0 Å². The van der Waals surface area contributed by atoms with E-state index >= 15 is 0 Å². The molecule has 2 aromatic carbocycles. The van der Waals surface area contributed by atoms with E-state index in [-0.39, 0.29) is 6.42 Å². The summed E-state index contributed by atoms with van der Waals surface area (Å²) in [5, 5.41) is 15.9. The Balaban J connectivity index is 1.60. The first-order valence-corrected chi connectivity index (χ1v) is 7.98. The molecule has 2 aromatic rings. The molecule has 0 aliphatic carbocycles. The zero-order chi connectivity index (χ0) is 17.6. The van der Waals surface area contributed by atoms with Crippen molar-refractivity contribution in [2.24, 2.45) is 5.16 Å². The third-order valence-corrected chi connectivity index (χ3v) is 3.97. The molecule has 0 fully saturated rings. The number of carbonyl (C=O) groups is 2. The number of oxime groups is 1. The van der Waals surface area contributed by atoms with E-state index in [1.54, 1.807) is 0 Å². The Bertz CT molecular complexity index is 775. The van der Waals surface area contributed by atoms with Crippen molar-refractivity contribution in [3.05, 3.63) is 71.8 Å². The molecular formula is C19H18N2O4. The average Bonchev–Trinajstić information content (AvgIpc) is 3.13. The lowest BCUT2D eigenvalue weighted by atomic mass is 10.0. The fourth-order valence-electron chi connectivity index (χ4n) is 2.63. The van der Waals surface area contributed by atoms with Gasteiger partial charge in [0.05, 0.1) is 5.71 Å². The number of hydrogen-bond acceptors (Lipinski definition) is 4. The second-order valence-corrected chi connectivity index (χ2v) is 5.79. The van der Waals surface area contributed by atoms with Crippen LogP contribution in [-0.2, 0) is 20.8 Å². The monoisotopic (exact) mass is 338 g/mol. The zero-order valence-corrected chi connectivity index (χ0v) is 13.5. The van der Waals surface area contributed by atoms with Crippen molar-refractivity contribution in [2.45, 2.75) is 25.0 Å². The van der Waals surface area contributed by atoms with Gasteiger partial charge in [-0.25, -0.2) is 4.79 Å². The molecule has 128 valence electrons. The molecule has 0 aromatic heterocycles. The molecule has 0 radical (unpaired) electrons. The van der Waals surface area contributed by atoms with Gasteiger partial charge >= 0.3 is 5.97 Å². The van der Waals surface area contributed by atoms with E-state index in [1.165, 1.54) is 0 Å². The Morgan fingerprint density at radius 2 is 1.76 bits per heavy atom. The minimum Gasteiger partial charge on any atom is -0.480 e. The highest BCUT2D eigenvalue weighted by molar-refractivity contribution is 6.04. The Kier molecular flexibility index (Phi) is 5.09. The van der Waals surface area contributed by atoms with E-state index in [2.05, 4.69) is 10.5 Å². The molecule has 0 bridgehead atoms. The van der Waals surface area contributed by atoms with Crippen molar-refractivity contribution < 1.29 is 19.5 Å². The lowest BCUT2D eigenvalue weighted by Gasteiger charge is -2.16. The number of nitrogens with zero attached hydrogens (tertiary/aromatic N) is 1. The quantitative estimate of drug-likeness (QED) is 0.843. The van der Waals surface area contributed by atoms with Crippen molar-refractivity contribution in [1.82, 2.24) is 5.32 Å². The first-order chi connectivity index (χ1) is 12.1. The van der Waals surface area contributed by atoms with Crippen LogP contribution in [0.25, 0.3) is 0 Å². The zero-order valence-electron chi connectivity index (χ0n) is 13.5. The van der Waals surface area contributed by atoms with Gasteiger partial charge in [-0.1, -0.05) is 65.8 Å². The van der Waals surface area contributed by atoms with Crippen LogP contribution in [0.3, 0.4) is 0 Å². The van der Waals surface area contributed by atoms with Gasteiger partial charge in [0, 0.05) is 12.8 Å². The van der Waals surface area contributed by atoms with E-state index < -0.39 is 24.0 Å². The molecule has 6 heteroatoms. The standard InChI is InChI=1S/C19H18N2O4/c22-18(17-12-15(21-25-17)14-9-5-2-6-10-14)20-16(19(23)24)11-13-7-3-1-4-8-13/h1-10,16-17H,11-12H2,(H,20,22)(H,23,24)/t16-,17+/m1/s1. The summed E-state index contributed by atoms with van der Waals surface area (Å²) in [5.74, 6) is -1.56. The van der Waals surface area contributed by atoms with Crippen LogP contribution in [0.1, 0.15) is 17.5 Å². The lowest BCUT2D eigenvalue weighted by molar-refractivity contribution is -0.143. The van der Waals surface area contributed by atoms with Gasteiger partial charge in [0.25, 0.3) is 5.91 Å². The van der Waals surface area contributed by atoms with Crippen LogP contribution in [0.4, 0.5) is 0 Å². The SMILES string of the molecule is O=C(N[C@H](Cc1ccccc1)C(=O)O)[C@@H]1CC(c2ccccc2)=NO1. The van der Waals surface area contributed by atoms with E-state index in [0.717, 1.165) is 11.1 Å². The molecule has 25 heavy (non-hydrogen) atoms. The number of carboxylic acid groups (broad SMARTS) is 1. The smallest absolute Gasteiger partial charge is 0.326 e. The number of hydrogen-bond donors (Lipinski definition) is 2. The minimum absolute atomic E-state index is 0.209. The molecule has 1 aliphatic heterocycles. The molecule has 0 saturated carbocycles. The molecule has 6 nitrogen and oxygen atoms in total. The second-order valence-electron chi connectivity index (χ2n) is 5.79. The molecule has 2 atom stereocenters. The number of benzene rings is 2. The summed E-state index contributed by atoms with van der Waals surface area (Å²) in [4.78, 5) is 29.0. The Labute approximate surface area is 145 Å². The van der Waals surface area contributed by atoms with Crippen LogP contribution in [-0.4, -0.2) is 34.8 Å². The fraction of sp³-hybridized carbons (Fsp3) is 0.211. The summed E-state index contributed by atoms with van der Waals surface area (Å²) >= 11 is 0. The van der Waals surface area contributed by atoms with E-state index in [0.29, 0.717) is 12.1 Å². The van der Waals surface area contributed by atoms with E-state index in [1.807, 2.05) is 60.7 Å². The number of carboxylic acids is 1. The Morgan fingerprint density at radius 3 is 2.40 bits per heavy atom. The minimum atomic E-state index is -1.08. The molecule has 2 N–H and O–H groups in total. The van der Waals surface area contributed by atoms with Crippen LogP contribution in [0.2, 0.25) is 0 Å². The number of nitrogens with one attached hydrogen (secondary N) is 1. The van der Waals surface area contributed by atoms with Gasteiger partial charge in [0.2, 0.25) is 6.10 Å². The van der Waals surface area contributed by atoms with Crippen molar-refractivity contribution in [1.29, 1.82) is 0 Å². The molecular weight excluding hydrogens is 320 g/mol. The number of carbonyl (C=O) groups excluding carboxylic acids is 1. The largest absolute Gasteiger partial charge is 0.480 e. The summed E-state index contributed by atoms with van der Waals surface area (Å²) in [6.07, 6.45) is -0.290. The summed E-state index contributed by atoms with van der Waals surface area (Å²) in [6, 6.07) is 17.6. The number of aliphatic carboxylic acids is 1. The van der Waals surface area contributed by atoms with Crippen molar-refractivity contribution in [2.75, 3.05) is 0 Å². The Morgan fingerprint density at radius 1 is 1.12 bits per heavy atom. The maximum atomic E-state index is 12.4. The molecule has 1 heterocycles. The first-order valence-electron chi connectivity index (χ1n) is 7.98. The van der Waals surface area contributed by atoms with Gasteiger partial charge < -0.3 is 15.3 Å². The number of rotatable bonds is 6. The molecule has 0 spiro atoms. The van der Waals surface area contributed by atoms with E-state index in [9.17, 15) is 14.7 Å².